The van der Waals surface area contributed by atoms with Crippen LogP contribution in [0.1, 0.15) is 16.7 Å². The predicted molar refractivity (Wildman–Crippen MR) is 109 cm³/mol. The molecule has 0 saturated carbocycles. The second kappa shape index (κ2) is 8.76. The molecule has 0 atom stereocenters. The van der Waals surface area contributed by atoms with E-state index in [-0.39, 0.29) is 5.57 Å². The van der Waals surface area contributed by atoms with Crippen LogP contribution >= 0.6 is 23.2 Å². The SMILES string of the molecule is O=C(O)/C(=C\c1cc(Cl)ccc1OCc1cccc(Cl)c1)c1ccccc1. The third-order valence-electron chi connectivity index (χ3n) is 3.87. The third kappa shape index (κ3) is 5.13. The number of ether oxygens (including phenoxy) is 1. The lowest BCUT2D eigenvalue weighted by Crippen LogP contribution is -2.01. The van der Waals surface area contributed by atoms with Gasteiger partial charge in [-0.3, -0.25) is 0 Å². The monoisotopic (exact) mass is 398 g/mol. The fourth-order valence-electron chi connectivity index (χ4n) is 2.59. The van der Waals surface area contributed by atoms with Crippen molar-refractivity contribution in [3.05, 3.63) is 99.5 Å². The van der Waals surface area contributed by atoms with E-state index in [9.17, 15) is 9.90 Å². The van der Waals surface area contributed by atoms with Crippen LogP contribution in [-0.4, -0.2) is 11.1 Å². The number of aliphatic carboxylic acids is 1. The first-order valence-corrected chi connectivity index (χ1v) is 8.96. The Morgan fingerprint density at radius 2 is 1.67 bits per heavy atom. The van der Waals surface area contributed by atoms with Crippen LogP contribution in [-0.2, 0) is 11.4 Å². The lowest BCUT2D eigenvalue weighted by atomic mass is 10.0. The molecule has 0 aliphatic heterocycles. The van der Waals surface area contributed by atoms with Gasteiger partial charge in [-0.05, 0) is 47.5 Å². The molecule has 0 aliphatic rings. The molecule has 5 heteroatoms. The summed E-state index contributed by atoms with van der Waals surface area (Å²) >= 11 is 12.1. The highest BCUT2D eigenvalue weighted by Crippen LogP contribution is 2.29. The van der Waals surface area contributed by atoms with Crippen LogP contribution in [0.25, 0.3) is 11.6 Å². The van der Waals surface area contributed by atoms with Crippen LogP contribution < -0.4 is 4.74 Å². The van der Waals surface area contributed by atoms with Gasteiger partial charge in [-0.25, -0.2) is 4.79 Å². The molecule has 1 N–H and O–H groups in total. The van der Waals surface area contributed by atoms with Crippen LogP contribution in [0.5, 0.6) is 5.75 Å². The summed E-state index contributed by atoms with van der Waals surface area (Å²) in [6.45, 7) is 0.302. The first-order valence-electron chi connectivity index (χ1n) is 8.20. The van der Waals surface area contributed by atoms with Gasteiger partial charge in [0, 0.05) is 15.6 Å². The molecule has 3 aromatic rings. The predicted octanol–water partition coefficient (Wildman–Crippen LogP) is 6.20. The average molecular weight is 399 g/mol. The van der Waals surface area contributed by atoms with Gasteiger partial charge in [0.05, 0.1) is 5.57 Å². The second-order valence-electron chi connectivity index (χ2n) is 5.83. The minimum atomic E-state index is -1.03. The molecule has 0 aliphatic carbocycles. The minimum Gasteiger partial charge on any atom is -0.488 e. The summed E-state index contributed by atoms with van der Waals surface area (Å²) in [6, 6.07) is 21.4. The molecule has 0 amide bonds. The van der Waals surface area contributed by atoms with Gasteiger partial charge >= 0.3 is 5.97 Å². The van der Waals surface area contributed by atoms with E-state index >= 15 is 0 Å². The van der Waals surface area contributed by atoms with Crippen molar-refractivity contribution >= 4 is 40.8 Å². The summed E-state index contributed by atoms with van der Waals surface area (Å²) in [5, 5.41) is 10.8. The highest BCUT2D eigenvalue weighted by Gasteiger charge is 2.12. The molecular weight excluding hydrogens is 383 g/mol. The van der Waals surface area contributed by atoms with Crippen LogP contribution in [0.3, 0.4) is 0 Å². The molecule has 0 fully saturated rings. The van der Waals surface area contributed by atoms with Crippen molar-refractivity contribution in [1.82, 2.24) is 0 Å². The van der Waals surface area contributed by atoms with Crippen LogP contribution in [0.15, 0.2) is 72.8 Å². The molecule has 136 valence electrons. The topological polar surface area (TPSA) is 46.5 Å². The molecule has 0 heterocycles. The summed E-state index contributed by atoms with van der Waals surface area (Å²) in [5.74, 6) is -0.490. The van der Waals surface area contributed by atoms with Gasteiger partial charge in [-0.1, -0.05) is 65.7 Å². The number of halogens is 2. The Kier molecular flexibility index (Phi) is 6.17. The smallest absolute Gasteiger partial charge is 0.336 e. The van der Waals surface area contributed by atoms with Crippen molar-refractivity contribution in [2.45, 2.75) is 6.61 Å². The number of hydrogen-bond acceptors (Lipinski definition) is 2. The third-order valence-corrected chi connectivity index (χ3v) is 4.34. The van der Waals surface area contributed by atoms with E-state index in [1.165, 1.54) is 0 Å². The number of benzene rings is 3. The molecule has 27 heavy (non-hydrogen) atoms. The van der Waals surface area contributed by atoms with E-state index < -0.39 is 5.97 Å². The van der Waals surface area contributed by atoms with E-state index in [2.05, 4.69) is 0 Å². The van der Waals surface area contributed by atoms with Crippen molar-refractivity contribution < 1.29 is 14.6 Å². The minimum absolute atomic E-state index is 0.158. The van der Waals surface area contributed by atoms with E-state index in [4.69, 9.17) is 27.9 Å². The molecule has 0 spiro atoms. The van der Waals surface area contributed by atoms with Gasteiger partial charge < -0.3 is 9.84 Å². The Hall–Kier alpha value is -2.75. The van der Waals surface area contributed by atoms with E-state index in [0.29, 0.717) is 33.5 Å². The molecule has 0 unspecified atom stereocenters. The highest BCUT2D eigenvalue weighted by atomic mass is 35.5. The Morgan fingerprint density at radius 3 is 2.37 bits per heavy atom. The van der Waals surface area contributed by atoms with Crippen molar-refractivity contribution in [3.8, 4) is 5.75 Å². The van der Waals surface area contributed by atoms with Gasteiger partial charge in [-0.15, -0.1) is 0 Å². The fourth-order valence-corrected chi connectivity index (χ4v) is 2.99. The maximum absolute atomic E-state index is 11.8. The average Bonchev–Trinajstić information content (AvgIpc) is 2.66. The molecule has 0 bridgehead atoms. The number of carboxylic acids is 1. The van der Waals surface area contributed by atoms with Gasteiger partial charge in [-0.2, -0.15) is 0 Å². The Bertz CT molecular complexity index is 982. The molecule has 0 saturated heterocycles. The van der Waals surface area contributed by atoms with Crippen molar-refractivity contribution in [2.24, 2.45) is 0 Å². The largest absolute Gasteiger partial charge is 0.488 e. The Labute approximate surface area is 167 Å². The molecule has 0 aromatic heterocycles. The van der Waals surface area contributed by atoms with Crippen LogP contribution in [0, 0.1) is 0 Å². The molecule has 3 aromatic carbocycles. The molecule has 3 rings (SSSR count). The Morgan fingerprint density at radius 1 is 0.926 bits per heavy atom. The van der Waals surface area contributed by atoms with Crippen LogP contribution in [0.4, 0.5) is 0 Å². The van der Waals surface area contributed by atoms with Gasteiger partial charge in [0.2, 0.25) is 0 Å². The van der Waals surface area contributed by atoms with Crippen molar-refractivity contribution in [1.29, 1.82) is 0 Å². The summed E-state index contributed by atoms with van der Waals surface area (Å²) in [4.78, 5) is 11.8. The maximum Gasteiger partial charge on any atom is 0.336 e. The lowest BCUT2D eigenvalue weighted by Gasteiger charge is -2.11. The zero-order valence-corrected chi connectivity index (χ0v) is 15.7. The summed E-state index contributed by atoms with van der Waals surface area (Å²) in [5.41, 5.74) is 2.26. The van der Waals surface area contributed by atoms with Gasteiger partial charge in [0.25, 0.3) is 0 Å². The molecule has 3 nitrogen and oxygen atoms in total. The summed E-state index contributed by atoms with van der Waals surface area (Å²) < 4.78 is 5.89. The molecular formula is C22H16Cl2O3. The normalized spacial score (nSPS) is 11.3. The first kappa shape index (κ1) is 19.0. The zero-order valence-electron chi connectivity index (χ0n) is 14.2. The number of carboxylic acid groups (broad SMARTS) is 1. The van der Waals surface area contributed by atoms with Gasteiger partial charge in [0.1, 0.15) is 12.4 Å². The van der Waals surface area contributed by atoms with Crippen molar-refractivity contribution in [3.63, 3.8) is 0 Å². The van der Waals surface area contributed by atoms with E-state index in [1.807, 2.05) is 24.3 Å². The number of rotatable bonds is 6. The highest BCUT2D eigenvalue weighted by molar-refractivity contribution is 6.31. The van der Waals surface area contributed by atoms with Crippen molar-refractivity contribution in [2.75, 3.05) is 0 Å². The van der Waals surface area contributed by atoms with Gasteiger partial charge in [0.15, 0.2) is 0 Å². The molecule has 0 radical (unpaired) electrons. The Balaban J connectivity index is 1.94. The number of carbonyl (C=O) groups is 1. The maximum atomic E-state index is 11.8. The fraction of sp³-hybridized carbons (Fsp3) is 0.0455. The number of hydrogen-bond donors (Lipinski definition) is 1. The summed E-state index contributed by atoms with van der Waals surface area (Å²) in [6.07, 6.45) is 1.57. The lowest BCUT2D eigenvalue weighted by molar-refractivity contribution is -0.130. The van der Waals surface area contributed by atoms with E-state index in [0.717, 1.165) is 5.56 Å². The van der Waals surface area contributed by atoms with E-state index in [1.54, 1.807) is 54.6 Å². The quantitative estimate of drug-likeness (QED) is 0.397. The standard InChI is InChI=1S/C22H16Cl2O3/c23-18-8-4-5-15(11-18)14-27-21-10-9-19(24)12-17(21)13-20(22(25)26)16-6-2-1-3-7-16/h1-13H,14H2,(H,25,26)/b20-13-. The zero-order chi connectivity index (χ0) is 19.2. The van der Waals surface area contributed by atoms with Crippen LogP contribution in [0.2, 0.25) is 10.0 Å². The summed E-state index contributed by atoms with van der Waals surface area (Å²) in [7, 11) is 0. The second-order valence-corrected chi connectivity index (χ2v) is 6.70. The first-order chi connectivity index (χ1) is 13.0.